The van der Waals surface area contributed by atoms with Gasteiger partial charge in [-0.3, -0.25) is 0 Å². The van der Waals surface area contributed by atoms with Crippen LogP contribution in [0, 0.1) is 6.92 Å². The summed E-state index contributed by atoms with van der Waals surface area (Å²) in [6.07, 6.45) is -4.67. The van der Waals surface area contributed by atoms with E-state index in [2.05, 4.69) is 10.1 Å². The minimum Gasteiger partial charge on any atom is -0.406 e. The minimum atomic E-state index is -4.67. The van der Waals surface area contributed by atoms with Crippen LogP contribution in [0.4, 0.5) is 13.2 Å². The monoisotopic (exact) mass is 295 g/mol. The molecule has 0 aliphatic carbocycles. The largest absolute Gasteiger partial charge is 0.573 e. The lowest BCUT2D eigenvalue weighted by atomic mass is 9.95. The fraction of sp³-hybridized carbons (Fsp3) is 0.250. The van der Waals surface area contributed by atoms with Gasteiger partial charge < -0.3 is 10.1 Å². The molecule has 0 aliphatic heterocycles. The second-order valence-electron chi connectivity index (χ2n) is 4.70. The molecule has 0 radical (unpaired) electrons. The number of benzene rings is 2. The van der Waals surface area contributed by atoms with Crippen molar-refractivity contribution in [3.8, 4) is 5.75 Å². The molecule has 0 bridgehead atoms. The molecule has 2 aromatic carbocycles. The van der Waals surface area contributed by atoms with Crippen molar-refractivity contribution in [3.63, 3.8) is 0 Å². The van der Waals surface area contributed by atoms with E-state index in [0.29, 0.717) is 0 Å². The molecule has 2 aromatic rings. The summed E-state index contributed by atoms with van der Waals surface area (Å²) in [6, 6.07) is 13.7. The normalized spacial score (nSPS) is 13.0. The first kappa shape index (κ1) is 15.4. The SMILES string of the molecule is CNC(c1ccc(OC(F)(F)F)cc1)c1ccccc1C. The van der Waals surface area contributed by atoms with Crippen molar-refractivity contribution in [2.75, 3.05) is 7.05 Å². The lowest BCUT2D eigenvalue weighted by Gasteiger charge is -2.20. The minimum absolute atomic E-state index is 0.0777. The summed E-state index contributed by atoms with van der Waals surface area (Å²) in [5.41, 5.74) is 3.08. The Hall–Kier alpha value is -2.01. The standard InChI is InChI=1S/C16H16F3NO/c1-11-5-3-4-6-14(11)15(20-2)12-7-9-13(10-8-12)21-16(17,18)19/h3-10,15,20H,1-2H3. The highest BCUT2D eigenvalue weighted by Gasteiger charge is 2.31. The smallest absolute Gasteiger partial charge is 0.406 e. The van der Waals surface area contributed by atoms with E-state index in [1.165, 1.54) is 12.1 Å². The van der Waals surface area contributed by atoms with Crippen LogP contribution in [0.25, 0.3) is 0 Å². The van der Waals surface area contributed by atoms with E-state index >= 15 is 0 Å². The zero-order chi connectivity index (χ0) is 15.5. The first-order chi connectivity index (χ1) is 9.90. The summed E-state index contributed by atoms with van der Waals surface area (Å²) in [4.78, 5) is 0. The molecule has 2 rings (SSSR count). The molecule has 1 atom stereocenters. The summed E-state index contributed by atoms with van der Waals surface area (Å²) in [5.74, 6) is -0.217. The van der Waals surface area contributed by atoms with Gasteiger partial charge in [0.2, 0.25) is 0 Å². The number of alkyl halides is 3. The molecule has 112 valence electrons. The van der Waals surface area contributed by atoms with Crippen LogP contribution in [0.2, 0.25) is 0 Å². The van der Waals surface area contributed by atoms with Crippen LogP contribution in [0.15, 0.2) is 48.5 Å². The molecule has 5 heteroatoms. The Morgan fingerprint density at radius 1 is 1.00 bits per heavy atom. The Morgan fingerprint density at radius 3 is 2.14 bits per heavy atom. The van der Waals surface area contributed by atoms with E-state index in [-0.39, 0.29) is 11.8 Å². The van der Waals surface area contributed by atoms with Gasteiger partial charge in [0.25, 0.3) is 0 Å². The van der Waals surface area contributed by atoms with E-state index < -0.39 is 6.36 Å². The van der Waals surface area contributed by atoms with E-state index in [1.54, 1.807) is 12.1 Å². The van der Waals surface area contributed by atoms with Gasteiger partial charge in [-0.2, -0.15) is 0 Å². The highest BCUT2D eigenvalue weighted by molar-refractivity contribution is 5.38. The third-order valence-electron chi connectivity index (χ3n) is 3.24. The molecular weight excluding hydrogens is 279 g/mol. The number of halogens is 3. The van der Waals surface area contributed by atoms with Crippen molar-refractivity contribution < 1.29 is 17.9 Å². The van der Waals surface area contributed by atoms with Crippen molar-refractivity contribution in [2.45, 2.75) is 19.3 Å². The maximum absolute atomic E-state index is 12.1. The van der Waals surface area contributed by atoms with Gasteiger partial charge in [-0.15, -0.1) is 13.2 Å². The van der Waals surface area contributed by atoms with Crippen molar-refractivity contribution in [2.24, 2.45) is 0 Å². The summed E-state index contributed by atoms with van der Waals surface area (Å²) in [5, 5.41) is 3.18. The fourth-order valence-electron chi connectivity index (χ4n) is 2.27. The van der Waals surface area contributed by atoms with E-state index in [9.17, 15) is 13.2 Å². The lowest BCUT2D eigenvalue weighted by Crippen LogP contribution is -2.19. The molecule has 0 amide bonds. The quantitative estimate of drug-likeness (QED) is 0.912. The van der Waals surface area contributed by atoms with E-state index in [4.69, 9.17) is 0 Å². The molecule has 0 fully saturated rings. The average Bonchev–Trinajstić information content (AvgIpc) is 2.42. The molecule has 0 heterocycles. The maximum atomic E-state index is 12.1. The molecule has 1 N–H and O–H groups in total. The van der Waals surface area contributed by atoms with Gasteiger partial charge in [0, 0.05) is 0 Å². The Morgan fingerprint density at radius 2 is 1.62 bits per heavy atom. The molecular formula is C16H16F3NO. The van der Waals surface area contributed by atoms with Gasteiger partial charge in [0.1, 0.15) is 5.75 Å². The number of rotatable bonds is 4. The van der Waals surface area contributed by atoms with Crippen LogP contribution in [-0.2, 0) is 0 Å². The first-order valence-electron chi connectivity index (χ1n) is 6.49. The Bertz CT molecular complexity index is 593. The van der Waals surface area contributed by atoms with E-state index in [0.717, 1.165) is 16.7 Å². The molecule has 0 spiro atoms. The third-order valence-corrected chi connectivity index (χ3v) is 3.24. The summed E-state index contributed by atoms with van der Waals surface area (Å²) >= 11 is 0. The zero-order valence-corrected chi connectivity index (χ0v) is 11.7. The predicted molar refractivity (Wildman–Crippen MR) is 75.2 cm³/mol. The number of aryl methyl sites for hydroxylation is 1. The van der Waals surface area contributed by atoms with Crippen molar-refractivity contribution >= 4 is 0 Å². The third kappa shape index (κ3) is 3.98. The van der Waals surface area contributed by atoms with Gasteiger partial charge in [-0.05, 0) is 42.8 Å². The number of hydrogen-bond donors (Lipinski definition) is 1. The van der Waals surface area contributed by atoms with Crippen LogP contribution in [0.5, 0.6) is 5.75 Å². The first-order valence-corrected chi connectivity index (χ1v) is 6.49. The number of hydrogen-bond acceptors (Lipinski definition) is 2. The van der Waals surface area contributed by atoms with Gasteiger partial charge in [-0.25, -0.2) is 0 Å². The van der Waals surface area contributed by atoms with Crippen molar-refractivity contribution in [3.05, 3.63) is 65.2 Å². The second kappa shape index (κ2) is 6.18. The van der Waals surface area contributed by atoms with Gasteiger partial charge >= 0.3 is 6.36 Å². The van der Waals surface area contributed by atoms with Gasteiger partial charge in [0.15, 0.2) is 0 Å². The molecule has 21 heavy (non-hydrogen) atoms. The highest BCUT2D eigenvalue weighted by atomic mass is 19.4. The summed E-state index contributed by atoms with van der Waals surface area (Å²) in [7, 11) is 1.82. The molecule has 0 aromatic heterocycles. The van der Waals surface area contributed by atoms with Crippen LogP contribution in [0.1, 0.15) is 22.7 Å². The second-order valence-corrected chi connectivity index (χ2v) is 4.70. The topological polar surface area (TPSA) is 21.3 Å². The average molecular weight is 295 g/mol. The van der Waals surface area contributed by atoms with Gasteiger partial charge in [-0.1, -0.05) is 36.4 Å². The van der Waals surface area contributed by atoms with Crippen LogP contribution in [-0.4, -0.2) is 13.4 Å². The molecule has 0 saturated carbocycles. The highest BCUT2D eigenvalue weighted by Crippen LogP contribution is 2.28. The zero-order valence-electron chi connectivity index (χ0n) is 11.7. The predicted octanol–water partition coefficient (Wildman–Crippen LogP) is 4.20. The van der Waals surface area contributed by atoms with E-state index in [1.807, 2.05) is 38.2 Å². The fourth-order valence-corrected chi connectivity index (χ4v) is 2.27. The lowest BCUT2D eigenvalue weighted by molar-refractivity contribution is -0.274. The Balaban J connectivity index is 2.26. The summed E-state index contributed by atoms with van der Waals surface area (Å²) < 4.78 is 40.3. The van der Waals surface area contributed by atoms with Crippen molar-refractivity contribution in [1.29, 1.82) is 0 Å². The maximum Gasteiger partial charge on any atom is 0.573 e. The molecule has 0 aliphatic rings. The van der Waals surface area contributed by atoms with Crippen LogP contribution in [0.3, 0.4) is 0 Å². The Labute approximate surface area is 121 Å². The van der Waals surface area contributed by atoms with Crippen molar-refractivity contribution in [1.82, 2.24) is 5.32 Å². The number of nitrogens with one attached hydrogen (secondary N) is 1. The molecule has 1 unspecified atom stereocenters. The van der Waals surface area contributed by atoms with Gasteiger partial charge in [0.05, 0.1) is 6.04 Å². The molecule has 0 saturated heterocycles. The number of ether oxygens (including phenoxy) is 1. The van der Waals surface area contributed by atoms with Crippen LogP contribution >= 0.6 is 0 Å². The summed E-state index contributed by atoms with van der Waals surface area (Å²) in [6.45, 7) is 2.00. The molecule has 2 nitrogen and oxygen atoms in total. The van der Waals surface area contributed by atoms with Crippen LogP contribution < -0.4 is 10.1 Å². The Kier molecular flexibility index (Phi) is 4.53.